The summed E-state index contributed by atoms with van der Waals surface area (Å²) >= 11 is 0. The number of nitrogens with one attached hydrogen (secondary N) is 1. The van der Waals surface area contributed by atoms with E-state index in [0.29, 0.717) is 5.56 Å². The van der Waals surface area contributed by atoms with Crippen molar-refractivity contribution in [1.82, 2.24) is 9.88 Å². The number of hydrogen-bond donors (Lipinski definition) is 1. The molecule has 1 aliphatic carbocycles. The number of amides is 1. The molecule has 4 heteroatoms. The van der Waals surface area contributed by atoms with Crippen LogP contribution in [0.1, 0.15) is 53.0 Å². The van der Waals surface area contributed by atoms with Crippen LogP contribution in [0.3, 0.4) is 0 Å². The lowest BCUT2D eigenvalue weighted by atomic mass is 9.88. The number of ketones is 1. The molecule has 4 rings (SSSR count). The summed E-state index contributed by atoms with van der Waals surface area (Å²) in [4.78, 5) is 25.1. The van der Waals surface area contributed by atoms with Gasteiger partial charge in [-0.15, -0.1) is 0 Å². The van der Waals surface area contributed by atoms with E-state index in [4.69, 9.17) is 0 Å². The van der Waals surface area contributed by atoms with E-state index >= 15 is 0 Å². The largest absolute Gasteiger partial charge is 0.348 e. The third-order valence-corrected chi connectivity index (χ3v) is 5.82. The molecule has 3 aromatic rings. The van der Waals surface area contributed by atoms with Gasteiger partial charge in [0.1, 0.15) is 6.54 Å². The minimum atomic E-state index is -0.0299. The second kappa shape index (κ2) is 8.08. The summed E-state index contributed by atoms with van der Waals surface area (Å²) in [6, 6.07) is 20.2. The first-order valence-corrected chi connectivity index (χ1v) is 10.2. The topological polar surface area (TPSA) is 51.1 Å². The monoisotopic (exact) mass is 386 g/mol. The smallest absolute Gasteiger partial charge is 0.240 e. The first kappa shape index (κ1) is 19.2. The molecule has 2 aromatic carbocycles. The average molecular weight is 386 g/mol. The Hall–Kier alpha value is -3.14. The molecule has 0 bridgehead atoms. The molecule has 1 N–H and O–H groups in total. The molecular formula is C25H26N2O2. The van der Waals surface area contributed by atoms with Crippen molar-refractivity contribution in [3.05, 3.63) is 83.0 Å². The van der Waals surface area contributed by atoms with Crippen molar-refractivity contribution in [1.29, 1.82) is 0 Å². The number of benzene rings is 2. The number of carbonyl (C=O) groups excluding carboxylic acids is 2. The third-order valence-electron chi connectivity index (χ3n) is 5.82. The van der Waals surface area contributed by atoms with Gasteiger partial charge >= 0.3 is 0 Å². The van der Waals surface area contributed by atoms with Crippen LogP contribution < -0.4 is 5.32 Å². The Kier molecular flexibility index (Phi) is 5.34. The van der Waals surface area contributed by atoms with Gasteiger partial charge in [-0.2, -0.15) is 0 Å². The quantitative estimate of drug-likeness (QED) is 0.637. The number of fused-ring (bicyclic) bond motifs is 1. The molecule has 0 aliphatic heterocycles. The van der Waals surface area contributed by atoms with Crippen molar-refractivity contribution < 1.29 is 9.59 Å². The van der Waals surface area contributed by atoms with Gasteiger partial charge in [-0.25, -0.2) is 0 Å². The van der Waals surface area contributed by atoms with Crippen LogP contribution in [0.2, 0.25) is 0 Å². The Bertz CT molecular complexity index is 1050. The van der Waals surface area contributed by atoms with Gasteiger partial charge < -0.3 is 9.88 Å². The highest BCUT2D eigenvalue weighted by Crippen LogP contribution is 2.30. The van der Waals surface area contributed by atoms with Crippen LogP contribution in [0.5, 0.6) is 0 Å². The van der Waals surface area contributed by atoms with Crippen LogP contribution in [0.25, 0.3) is 11.3 Å². The number of aryl methyl sites for hydroxylation is 1. The van der Waals surface area contributed by atoms with E-state index < -0.39 is 0 Å². The zero-order valence-corrected chi connectivity index (χ0v) is 16.9. The lowest BCUT2D eigenvalue weighted by Crippen LogP contribution is -2.33. The van der Waals surface area contributed by atoms with E-state index in [0.717, 1.165) is 36.2 Å². The average Bonchev–Trinajstić information content (AvgIpc) is 3.05. The molecule has 29 heavy (non-hydrogen) atoms. The van der Waals surface area contributed by atoms with Gasteiger partial charge in [0.05, 0.1) is 6.04 Å². The van der Waals surface area contributed by atoms with Crippen LogP contribution in [-0.2, 0) is 17.8 Å². The van der Waals surface area contributed by atoms with Crippen molar-refractivity contribution in [2.75, 3.05) is 0 Å². The number of Topliss-reactive ketones (excluding diaryl/α,β-unsaturated/α-hetero) is 1. The van der Waals surface area contributed by atoms with Crippen molar-refractivity contribution in [2.24, 2.45) is 0 Å². The summed E-state index contributed by atoms with van der Waals surface area (Å²) in [5, 5.41) is 3.22. The fourth-order valence-electron chi connectivity index (χ4n) is 4.34. The zero-order chi connectivity index (χ0) is 20.4. The molecule has 1 unspecified atom stereocenters. The lowest BCUT2D eigenvalue weighted by molar-refractivity contribution is -0.122. The van der Waals surface area contributed by atoms with Gasteiger partial charge in [0, 0.05) is 17.0 Å². The second-order valence-electron chi connectivity index (χ2n) is 7.75. The first-order chi connectivity index (χ1) is 14.0. The van der Waals surface area contributed by atoms with Crippen LogP contribution in [0, 0.1) is 6.92 Å². The Balaban J connectivity index is 1.61. The maximum atomic E-state index is 13.0. The van der Waals surface area contributed by atoms with E-state index in [1.807, 2.05) is 54.0 Å². The molecule has 1 amide bonds. The van der Waals surface area contributed by atoms with Crippen molar-refractivity contribution in [3.8, 4) is 11.3 Å². The van der Waals surface area contributed by atoms with E-state index in [9.17, 15) is 9.59 Å². The molecule has 0 fully saturated rings. The van der Waals surface area contributed by atoms with E-state index in [2.05, 4.69) is 23.5 Å². The standard InChI is InChI=1S/C25H26N2O2/c1-17-22(18(2)28)15-24(20-10-4-3-5-11-20)27(17)16-25(29)26-23-14-8-12-19-9-6-7-13-21(19)23/h3-7,9-11,13,15,23H,8,12,14,16H2,1-2H3,(H,26,29). The summed E-state index contributed by atoms with van der Waals surface area (Å²) in [7, 11) is 0. The van der Waals surface area contributed by atoms with Crippen molar-refractivity contribution in [2.45, 2.75) is 45.7 Å². The molecule has 1 aromatic heterocycles. The second-order valence-corrected chi connectivity index (χ2v) is 7.75. The first-order valence-electron chi connectivity index (χ1n) is 10.2. The molecular weight excluding hydrogens is 360 g/mol. The van der Waals surface area contributed by atoms with Crippen LogP contribution in [-0.4, -0.2) is 16.3 Å². The highest BCUT2D eigenvalue weighted by atomic mass is 16.2. The molecule has 1 aliphatic rings. The van der Waals surface area contributed by atoms with Crippen LogP contribution >= 0.6 is 0 Å². The van der Waals surface area contributed by atoms with Gasteiger partial charge in [0.2, 0.25) is 5.91 Å². The normalized spacial score (nSPS) is 15.6. The summed E-state index contributed by atoms with van der Waals surface area (Å²) in [5.41, 5.74) is 5.94. The Morgan fingerprint density at radius 2 is 1.79 bits per heavy atom. The van der Waals surface area contributed by atoms with Crippen molar-refractivity contribution in [3.63, 3.8) is 0 Å². The van der Waals surface area contributed by atoms with Gasteiger partial charge in [-0.05, 0) is 55.9 Å². The molecule has 1 atom stereocenters. The predicted octanol–water partition coefficient (Wildman–Crippen LogP) is 4.86. The molecule has 0 spiro atoms. The summed E-state index contributed by atoms with van der Waals surface area (Å²) < 4.78 is 1.95. The summed E-state index contributed by atoms with van der Waals surface area (Å²) in [6.07, 6.45) is 3.10. The maximum absolute atomic E-state index is 13.0. The zero-order valence-electron chi connectivity index (χ0n) is 16.9. The third kappa shape index (κ3) is 3.88. The highest BCUT2D eigenvalue weighted by Gasteiger charge is 2.23. The SMILES string of the molecule is CC(=O)c1cc(-c2ccccc2)n(CC(=O)NC2CCCc3ccccc32)c1C. The number of aromatic nitrogens is 1. The predicted molar refractivity (Wildman–Crippen MR) is 115 cm³/mol. The summed E-state index contributed by atoms with van der Waals surface area (Å²) in [6.45, 7) is 3.68. The molecule has 0 saturated heterocycles. The molecule has 1 heterocycles. The van der Waals surface area contributed by atoms with Crippen LogP contribution in [0.4, 0.5) is 0 Å². The molecule has 0 radical (unpaired) electrons. The molecule has 4 nitrogen and oxygen atoms in total. The van der Waals surface area contributed by atoms with E-state index in [-0.39, 0.29) is 24.3 Å². The van der Waals surface area contributed by atoms with Crippen LogP contribution in [0.15, 0.2) is 60.7 Å². The minimum absolute atomic E-state index is 0.0139. The maximum Gasteiger partial charge on any atom is 0.240 e. The highest BCUT2D eigenvalue weighted by molar-refractivity contribution is 5.97. The fourth-order valence-corrected chi connectivity index (χ4v) is 4.34. The summed E-state index contributed by atoms with van der Waals surface area (Å²) in [5.74, 6) is -0.0160. The van der Waals surface area contributed by atoms with Gasteiger partial charge in [-0.3, -0.25) is 9.59 Å². The van der Waals surface area contributed by atoms with Gasteiger partial charge in [-0.1, -0.05) is 54.6 Å². The Morgan fingerprint density at radius 1 is 1.07 bits per heavy atom. The molecule has 148 valence electrons. The van der Waals surface area contributed by atoms with E-state index in [1.54, 1.807) is 6.92 Å². The van der Waals surface area contributed by atoms with Gasteiger partial charge in [0.25, 0.3) is 0 Å². The van der Waals surface area contributed by atoms with Gasteiger partial charge in [0.15, 0.2) is 5.78 Å². The minimum Gasteiger partial charge on any atom is -0.348 e. The molecule has 0 saturated carbocycles. The Labute approximate surface area is 171 Å². The Morgan fingerprint density at radius 3 is 2.55 bits per heavy atom. The lowest BCUT2D eigenvalue weighted by Gasteiger charge is -2.26. The van der Waals surface area contributed by atoms with E-state index in [1.165, 1.54) is 11.1 Å². The number of hydrogen-bond acceptors (Lipinski definition) is 2. The number of rotatable bonds is 5. The number of nitrogens with zero attached hydrogens (tertiary/aromatic N) is 1. The fraction of sp³-hybridized carbons (Fsp3) is 0.280. The number of carbonyl (C=O) groups is 2. The van der Waals surface area contributed by atoms with Crippen molar-refractivity contribution >= 4 is 11.7 Å².